The lowest BCUT2D eigenvalue weighted by Crippen LogP contribution is -2.18. The minimum absolute atomic E-state index is 0.213. The highest BCUT2D eigenvalue weighted by atomic mass is 32.1. The molecule has 0 atom stereocenters. The standard InChI is InChI=1S/C15H14N2O2S/c1-19-14(18)12-6-2-4-10(8-12)11-5-3-7-13(9-11)17-15(16)20/h2-9H,1H3,(H3,16,17,20). The zero-order valence-electron chi connectivity index (χ0n) is 10.9. The van der Waals surface area contributed by atoms with Crippen LogP contribution in [-0.2, 0) is 4.74 Å². The maximum absolute atomic E-state index is 11.5. The van der Waals surface area contributed by atoms with Gasteiger partial charge in [0.2, 0.25) is 0 Å². The summed E-state index contributed by atoms with van der Waals surface area (Å²) in [5.41, 5.74) is 8.64. The van der Waals surface area contributed by atoms with Crippen LogP contribution in [0, 0.1) is 0 Å². The number of ether oxygens (including phenoxy) is 1. The van der Waals surface area contributed by atoms with Gasteiger partial charge >= 0.3 is 5.97 Å². The first-order chi connectivity index (χ1) is 9.60. The maximum Gasteiger partial charge on any atom is 0.337 e. The first kappa shape index (κ1) is 14.0. The number of rotatable bonds is 3. The number of carbonyl (C=O) groups excluding carboxylic acids is 1. The molecule has 0 bridgehead atoms. The van der Waals surface area contributed by atoms with Crippen LogP contribution in [0.15, 0.2) is 48.5 Å². The van der Waals surface area contributed by atoms with Gasteiger partial charge in [0.1, 0.15) is 0 Å². The fourth-order valence-corrected chi connectivity index (χ4v) is 1.98. The van der Waals surface area contributed by atoms with Crippen LogP contribution in [0.5, 0.6) is 0 Å². The molecule has 0 aromatic heterocycles. The van der Waals surface area contributed by atoms with Crippen LogP contribution in [0.3, 0.4) is 0 Å². The summed E-state index contributed by atoms with van der Waals surface area (Å²) >= 11 is 4.81. The fourth-order valence-electron chi connectivity index (χ4n) is 1.86. The van der Waals surface area contributed by atoms with Crippen molar-refractivity contribution in [3.05, 3.63) is 54.1 Å². The van der Waals surface area contributed by atoms with E-state index in [0.717, 1.165) is 16.8 Å². The molecule has 0 amide bonds. The Hall–Kier alpha value is -2.40. The van der Waals surface area contributed by atoms with E-state index in [-0.39, 0.29) is 11.1 Å². The van der Waals surface area contributed by atoms with E-state index in [1.807, 2.05) is 36.4 Å². The van der Waals surface area contributed by atoms with Crippen molar-refractivity contribution in [1.29, 1.82) is 0 Å². The second kappa shape index (κ2) is 6.16. The molecule has 2 rings (SSSR count). The molecule has 0 aliphatic carbocycles. The van der Waals surface area contributed by atoms with E-state index in [9.17, 15) is 4.79 Å². The molecule has 0 saturated carbocycles. The molecular weight excluding hydrogens is 272 g/mol. The Balaban J connectivity index is 2.36. The number of hydrogen-bond acceptors (Lipinski definition) is 3. The van der Waals surface area contributed by atoms with E-state index in [2.05, 4.69) is 5.32 Å². The largest absolute Gasteiger partial charge is 0.465 e. The summed E-state index contributed by atoms with van der Waals surface area (Å²) < 4.78 is 4.72. The van der Waals surface area contributed by atoms with Crippen molar-refractivity contribution >= 4 is 29.0 Å². The monoisotopic (exact) mass is 286 g/mol. The minimum Gasteiger partial charge on any atom is -0.465 e. The molecule has 0 unspecified atom stereocenters. The van der Waals surface area contributed by atoms with Crippen molar-refractivity contribution in [2.45, 2.75) is 0 Å². The van der Waals surface area contributed by atoms with Crippen LogP contribution in [0.4, 0.5) is 5.69 Å². The van der Waals surface area contributed by atoms with E-state index in [4.69, 9.17) is 22.7 Å². The number of methoxy groups -OCH3 is 1. The first-order valence-corrected chi connectivity index (χ1v) is 6.36. The Bertz CT molecular complexity index is 656. The molecule has 0 aliphatic rings. The molecule has 0 heterocycles. The van der Waals surface area contributed by atoms with Gasteiger partial charge in [0.05, 0.1) is 12.7 Å². The van der Waals surface area contributed by atoms with E-state index < -0.39 is 0 Å². The highest BCUT2D eigenvalue weighted by molar-refractivity contribution is 7.80. The molecule has 0 spiro atoms. The molecule has 2 aromatic rings. The van der Waals surface area contributed by atoms with E-state index >= 15 is 0 Å². The topological polar surface area (TPSA) is 64.3 Å². The number of benzene rings is 2. The number of anilines is 1. The summed E-state index contributed by atoms with van der Waals surface area (Å²) in [6.07, 6.45) is 0. The van der Waals surface area contributed by atoms with Crippen molar-refractivity contribution in [3.8, 4) is 11.1 Å². The van der Waals surface area contributed by atoms with Crippen molar-refractivity contribution in [1.82, 2.24) is 0 Å². The number of nitrogens with one attached hydrogen (secondary N) is 1. The molecule has 0 fully saturated rings. The highest BCUT2D eigenvalue weighted by Crippen LogP contribution is 2.23. The Morgan fingerprint density at radius 1 is 1.15 bits per heavy atom. The van der Waals surface area contributed by atoms with Gasteiger partial charge in [-0.05, 0) is 47.6 Å². The Kier molecular flexibility index (Phi) is 4.32. The number of thiocarbonyl (C=S) groups is 1. The fraction of sp³-hybridized carbons (Fsp3) is 0.0667. The van der Waals surface area contributed by atoms with E-state index in [1.54, 1.807) is 12.1 Å². The van der Waals surface area contributed by atoms with Gasteiger partial charge in [0.15, 0.2) is 5.11 Å². The summed E-state index contributed by atoms with van der Waals surface area (Å²) in [5, 5.41) is 3.09. The van der Waals surface area contributed by atoms with Gasteiger partial charge in [-0.15, -0.1) is 0 Å². The quantitative estimate of drug-likeness (QED) is 0.671. The number of nitrogens with two attached hydrogens (primary N) is 1. The molecule has 0 radical (unpaired) electrons. The van der Waals surface area contributed by atoms with Gasteiger partial charge < -0.3 is 15.8 Å². The van der Waals surface area contributed by atoms with Crippen molar-refractivity contribution in [2.24, 2.45) is 5.73 Å². The summed E-state index contributed by atoms with van der Waals surface area (Å²) in [4.78, 5) is 11.5. The Labute approximate surface area is 122 Å². The third-order valence-electron chi connectivity index (χ3n) is 2.75. The number of hydrogen-bond donors (Lipinski definition) is 2. The smallest absolute Gasteiger partial charge is 0.337 e. The lowest BCUT2D eigenvalue weighted by atomic mass is 10.0. The Morgan fingerprint density at radius 3 is 2.45 bits per heavy atom. The molecule has 102 valence electrons. The summed E-state index contributed by atoms with van der Waals surface area (Å²) in [5.74, 6) is -0.357. The van der Waals surface area contributed by atoms with Gasteiger partial charge in [-0.25, -0.2) is 4.79 Å². The SMILES string of the molecule is COC(=O)c1cccc(-c2cccc(NC(N)=S)c2)c1. The normalized spacial score (nSPS) is 9.85. The van der Waals surface area contributed by atoms with Gasteiger partial charge in [0.25, 0.3) is 0 Å². The predicted molar refractivity (Wildman–Crippen MR) is 83.6 cm³/mol. The van der Waals surface area contributed by atoms with Gasteiger partial charge in [0, 0.05) is 5.69 Å². The van der Waals surface area contributed by atoms with Gasteiger partial charge in [-0.2, -0.15) is 0 Å². The average molecular weight is 286 g/mol. The van der Waals surface area contributed by atoms with Crippen molar-refractivity contribution in [3.63, 3.8) is 0 Å². The first-order valence-electron chi connectivity index (χ1n) is 5.95. The summed E-state index contributed by atoms with van der Waals surface area (Å²) in [7, 11) is 1.36. The molecule has 3 N–H and O–H groups in total. The lowest BCUT2D eigenvalue weighted by Gasteiger charge is -2.08. The summed E-state index contributed by atoms with van der Waals surface area (Å²) in [6.45, 7) is 0. The third kappa shape index (κ3) is 3.33. The van der Waals surface area contributed by atoms with Crippen molar-refractivity contribution < 1.29 is 9.53 Å². The molecule has 0 aliphatic heterocycles. The third-order valence-corrected chi connectivity index (χ3v) is 2.85. The Morgan fingerprint density at radius 2 is 1.80 bits per heavy atom. The molecule has 4 nitrogen and oxygen atoms in total. The predicted octanol–water partition coefficient (Wildman–Crippen LogP) is 2.80. The van der Waals surface area contributed by atoms with Crippen LogP contribution >= 0.6 is 12.2 Å². The number of esters is 1. The number of carbonyl (C=O) groups is 1. The van der Waals surface area contributed by atoms with E-state index in [1.165, 1.54) is 7.11 Å². The second-order valence-electron chi connectivity index (χ2n) is 4.14. The van der Waals surface area contributed by atoms with Crippen molar-refractivity contribution in [2.75, 3.05) is 12.4 Å². The molecular formula is C15H14N2O2S. The lowest BCUT2D eigenvalue weighted by molar-refractivity contribution is 0.0601. The second-order valence-corrected chi connectivity index (χ2v) is 4.58. The molecule has 0 saturated heterocycles. The zero-order chi connectivity index (χ0) is 14.5. The molecule has 5 heteroatoms. The summed E-state index contributed by atoms with van der Waals surface area (Å²) in [6, 6.07) is 14.9. The molecule has 2 aromatic carbocycles. The zero-order valence-corrected chi connectivity index (χ0v) is 11.7. The van der Waals surface area contributed by atoms with Crippen LogP contribution in [0.2, 0.25) is 0 Å². The van der Waals surface area contributed by atoms with Crippen LogP contribution in [0.25, 0.3) is 11.1 Å². The maximum atomic E-state index is 11.5. The average Bonchev–Trinajstić information content (AvgIpc) is 2.46. The van der Waals surface area contributed by atoms with Crippen LogP contribution in [0.1, 0.15) is 10.4 Å². The van der Waals surface area contributed by atoms with E-state index in [0.29, 0.717) is 5.56 Å². The minimum atomic E-state index is -0.357. The van der Waals surface area contributed by atoms with Crippen LogP contribution < -0.4 is 11.1 Å². The van der Waals surface area contributed by atoms with Gasteiger partial charge in [-0.1, -0.05) is 24.3 Å². The molecule has 20 heavy (non-hydrogen) atoms. The highest BCUT2D eigenvalue weighted by Gasteiger charge is 2.07. The van der Waals surface area contributed by atoms with Gasteiger partial charge in [-0.3, -0.25) is 0 Å². The van der Waals surface area contributed by atoms with Crippen LogP contribution in [-0.4, -0.2) is 18.2 Å².